The van der Waals surface area contributed by atoms with Gasteiger partial charge in [-0.1, -0.05) is 6.42 Å². The average molecular weight is 170 g/mol. The third-order valence-electron chi connectivity index (χ3n) is 3.08. The van der Waals surface area contributed by atoms with Crippen molar-refractivity contribution in [2.45, 2.75) is 38.1 Å². The van der Waals surface area contributed by atoms with E-state index in [1.54, 1.807) is 0 Å². The van der Waals surface area contributed by atoms with Crippen LogP contribution >= 0.6 is 0 Å². The normalized spacial score (nSPS) is 37.2. The summed E-state index contributed by atoms with van der Waals surface area (Å²) in [4.78, 5) is 0. The first-order valence-corrected chi connectivity index (χ1v) is 4.42. The molecule has 4 nitrogen and oxygen atoms in total. The number of rotatable bonds is 0. The Labute approximate surface area is 71.6 Å². The van der Waals surface area contributed by atoms with Gasteiger partial charge in [-0.2, -0.15) is 4.74 Å². The molecule has 4 heteroatoms. The van der Waals surface area contributed by atoms with E-state index in [9.17, 15) is 10.4 Å². The standard InChI is InChI=1S/C8H14N2O2/c1-8-5-3-2-4-7(8)9(11)6-10(8)12/h12H,2-6H2,1H3/t8-/m1/s1. The van der Waals surface area contributed by atoms with E-state index in [0.29, 0.717) is 0 Å². The quantitative estimate of drug-likeness (QED) is 0.434. The summed E-state index contributed by atoms with van der Waals surface area (Å²) in [5.41, 5.74) is 0.497. The van der Waals surface area contributed by atoms with Gasteiger partial charge >= 0.3 is 0 Å². The van der Waals surface area contributed by atoms with Crippen molar-refractivity contribution in [1.29, 1.82) is 0 Å². The molecule has 1 N–H and O–H groups in total. The first-order valence-electron chi connectivity index (χ1n) is 4.42. The fourth-order valence-corrected chi connectivity index (χ4v) is 2.21. The topological polar surface area (TPSA) is 49.5 Å². The van der Waals surface area contributed by atoms with E-state index in [-0.39, 0.29) is 12.2 Å². The van der Waals surface area contributed by atoms with Gasteiger partial charge in [-0.05, 0) is 19.8 Å². The number of nitrogens with zero attached hydrogens (tertiary/aromatic N) is 2. The summed E-state index contributed by atoms with van der Waals surface area (Å²) in [5.74, 6) is 0. The molecule has 2 rings (SSSR count). The third-order valence-corrected chi connectivity index (χ3v) is 3.08. The fourth-order valence-electron chi connectivity index (χ4n) is 2.21. The van der Waals surface area contributed by atoms with Crippen molar-refractivity contribution in [3.05, 3.63) is 5.21 Å². The van der Waals surface area contributed by atoms with Crippen LogP contribution in [0.5, 0.6) is 0 Å². The zero-order valence-electron chi connectivity index (χ0n) is 7.29. The molecular formula is C8H14N2O2. The Hall–Kier alpha value is -0.610. The molecule has 12 heavy (non-hydrogen) atoms. The van der Waals surface area contributed by atoms with E-state index in [0.717, 1.165) is 36.1 Å². The molecule has 0 unspecified atom stereocenters. The number of fused-ring (bicyclic) bond motifs is 1. The molecule has 68 valence electrons. The predicted octanol–water partition coefficient (Wildman–Crippen LogP) is 0.933. The molecule has 0 aromatic carbocycles. The fraction of sp³-hybridized carbons (Fsp3) is 0.875. The van der Waals surface area contributed by atoms with Gasteiger partial charge in [-0.25, -0.2) is 0 Å². The van der Waals surface area contributed by atoms with E-state index < -0.39 is 0 Å². The zero-order valence-corrected chi connectivity index (χ0v) is 7.29. The summed E-state index contributed by atoms with van der Waals surface area (Å²) in [6.07, 6.45) is 3.93. The lowest BCUT2D eigenvalue weighted by Gasteiger charge is -2.30. The van der Waals surface area contributed by atoms with Gasteiger partial charge in [0.15, 0.2) is 5.71 Å². The monoisotopic (exact) mass is 170 g/mol. The molecule has 1 saturated carbocycles. The van der Waals surface area contributed by atoms with Gasteiger partial charge in [0, 0.05) is 6.42 Å². The lowest BCUT2D eigenvalue weighted by atomic mass is 9.82. The summed E-state index contributed by atoms with van der Waals surface area (Å²) in [6.45, 7) is 2.06. The molecule has 1 heterocycles. The lowest BCUT2D eigenvalue weighted by molar-refractivity contribution is -0.488. The van der Waals surface area contributed by atoms with Gasteiger partial charge in [-0.3, -0.25) is 0 Å². The number of hydrogen-bond acceptors (Lipinski definition) is 3. The molecule has 0 spiro atoms. The first-order chi connectivity index (χ1) is 5.64. The van der Waals surface area contributed by atoms with E-state index in [1.165, 1.54) is 5.06 Å². The Kier molecular flexibility index (Phi) is 1.63. The van der Waals surface area contributed by atoms with Crippen LogP contribution in [0, 0.1) is 5.21 Å². The first kappa shape index (κ1) is 8.01. The van der Waals surface area contributed by atoms with Crippen LogP contribution in [0.4, 0.5) is 0 Å². The van der Waals surface area contributed by atoms with Crippen LogP contribution in [0.25, 0.3) is 0 Å². The van der Waals surface area contributed by atoms with Crippen molar-refractivity contribution in [3.8, 4) is 0 Å². The van der Waals surface area contributed by atoms with Gasteiger partial charge < -0.3 is 10.4 Å². The Balaban J connectivity index is 2.34. The van der Waals surface area contributed by atoms with Gasteiger partial charge in [-0.15, -0.1) is 5.06 Å². The Morgan fingerprint density at radius 3 is 3.00 bits per heavy atom. The van der Waals surface area contributed by atoms with Crippen molar-refractivity contribution < 1.29 is 9.95 Å². The van der Waals surface area contributed by atoms with Crippen LogP contribution in [0.1, 0.15) is 32.6 Å². The molecule has 0 aromatic heterocycles. The Morgan fingerprint density at radius 2 is 2.33 bits per heavy atom. The Morgan fingerprint density at radius 1 is 1.58 bits per heavy atom. The van der Waals surface area contributed by atoms with Gasteiger partial charge in [0.25, 0.3) is 0 Å². The minimum absolute atomic E-state index is 0.117. The molecule has 1 atom stereocenters. The van der Waals surface area contributed by atoms with E-state index in [1.807, 2.05) is 6.92 Å². The van der Waals surface area contributed by atoms with Crippen molar-refractivity contribution >= 4 is 5.71 Å². The van der Waals surface area contributed by atoms with Crippen LogP contribution in [0.2, 0.25) is 0 Å². The second-order valence-electron chi connectivity index (χ2n) is 3.85. The highest BCUT2D eigenvalue weighted by Crippen LogP contribution is 2.33. The molecular weight excluding hydrogens is 156 g/mol. The SMILES string of the molecule is C[C@@]12CCCCC1=[N+]([O-])CN2O. The lowest BCUT2D eigenvalue weighted by Crippen LogP contribution is -2.47. The third kappa shape index (κ3) is 0.881. The van der Waals surface area contributed by atoms with Gasteiger partial charge in [0.05, 0.1) is 0 Å². The van der Waals surface area contributed by atoms with Crippen molar-refractivity contribution in [2.75, 3.05) is 6.67 Å². The second-order valence-corrected chi connectivity index (χ2v) is 3.85. The maximum Gasteiger partial charge on any atom is 0.231 e. The summed E-state index contributed by atoms with van der Waals surface area (Å²) in [5, 5.41) is 22.0. The minimum Gasteiger partial charge on any atom is -0.623 e. The smallest absolute Gasteiger partial charge is 0.231 e. The summed E-state index contributed by atoms with van der Waals surface area (Å²) in [6, 6.07) is 0. The van der Waals surface area contributed by atoms with Crippen LogP contribution in [-0.2, 0) is 0 Å². The molecule has 0 amide bonds. The molecule has 1 aliphatic carbocycles. The van der Waals surface area contributed by atoms with Crippen LogP contribution < -0.4 is 0 Å². The summed E-state index contributed by atoms with van der Waals surface area (Å²) in [7, 11) is 0. The molecule has 0 aromatic rings. The summed E-state index contributed by atoms with van der Waals surface area (Å²) < 4.78 is 0.930. The highest BCUT2D eigenvalue weighted by Gasteiger charge is 2.49. The molecule has 1 fully saturated rings. The van der Waals surface area contributed by atoms with Crippen molar-refractivity contribution in [3.63, 3.8) is 0 Å². The second kappa shape index (κ2) is 2.44. The highest BCUT2D eigenvalue weighted by molar-refractivity contribution is 5.90. The molecule has 0 bridgehead atoms. The van der Waals surface area contributed by atoms with E-state index in [2.05, 4.69) is 0 Å². The van der Waals surface area contributed by atoms with Crippen LogP contribution in [0.3, 0.4) is 0 Å². The maximum atomic E-state index is 11.3. The van der Waals surface area contributed by atoms with Crippen molar-refractivity contribution in [2.24, 2.45) is 0 Å². The summed E-state index contributed by atoms with van der Waals surface area (Å²) >= 11 is 0. The maximum absolute atomic E-state index is 11.3. The van der Waals surface area contributed by atoms with E-state index >= 15 is 0 Å². The molecule has 0 radical (unpaired) electrons. The van der Waals surface area contributed by atoms with E-state index in [4.69, 9.17) is 0 Å². The highest BCUT2D eigenvalue weighted by atomic mass is 16.5. The zero-order chi connectivity index (χ0) is 8.77. The van der Waals surface area contributed by atoms with Gasteiger partial charge in [0.1, 0.15) is 5.54 Å². The van der Waals surface area contributed by atoms with Gasteiger partial charge in [0.2, 0.25) is 6.67 Å². The molecule has 0 saturated heterocycles. The largest absolute Gasteiger partial charge is 0.623 e. The van der Waals surface area contributed by atoms with Crippen LogP contribution in [0.15, 0.2) is 0 Å². The molecule has 1 aliphatic heterocycles. The minimum atomic E-state index is -0.361. The number of hydroxylamine groups is 3. The number of hydrogen-bond donors (Lipinski definition) is 1. The predicted molar refractivity (Wildman–Crippen MR) is 44.0 cm³/mol. The molecule has 2 aliphatic rings. The Bertz CT molecular complexity index is 239. The average Bonchev–Trinajstić information content (AvgIpc) is 2.25. The van der Waals surface area contributed by atoms with Crippen LogP contribution in [-0.4, -0.2) is 32.9 Å². The van der Waals surface area contributed by atoms with Crippen molar-refractivity contribution in [1.82, 2.24) is 5.06 Å².